The second-order valence-corrected chi connectivity index (χ2v) is 8.78. The van der Waals surface area contributed by atoms with Gasteiger partial charge in [-0.2, -0.15) is 4.31 Å². The highest BCUT2D eigenvalue weighted by Crippen LogP contribution is 2.27. The Morgan fingerprint density at radius 2 is 2.09 bits per heavy atom. The number of carbonyl (C=O) groups is 1. The molecule has 0 aromatic heterocycles. The van der Waals surface area contributed by atoms with E-state index in [9.17, 15) is 13.2 Å². The van der Waals surface area contributed by atoms with Crippen LogP contribution in [0.15, 0.2) is 23.1 Å². The van der Waals surface area contributed by atoms with Crippen LogP contribution in [-0.2, 0) is 14.8 Å². The minimum absolute atomic E-state index is 0.0836. The van der Waals surface area contributed by atoms with Gasteiger partial charge in [0, 0.05) is 25.2 Å². The third-order valence-electron chi connectivity index (χ3n) is 3.95. The van der Waals surface area contributed by atoms with Crippen LogP contribution in [0, 0.1) is 5.92 Å². The molecule has 0 spiro atoms. The van der Waals surface area contributed by atoms with Crippen LogP contribution in [0.3, 0.4) is 0 Å². The maximum atomic E-state index is 12.6. The Bertz CT molecular complexity index is 694. The molecule has 1 heterocycles. The Labute approximate surface area is 147 Å². The van der Waals surface area contributed by atoms with Crippen LogP contribution >= 0.6 is 23.2 Å². The van der Waals surface area contributed by atoms with Gasteiger partial charge in [0.1, 0.15) is 4.90 Å². The van der Waals surface area contributed by atoms with Crippen molar-refractivity contribution in [3.63, 3.8) is 0 Å². The SMILES string of the molecule is CC1CCCN(C(=O)CN(C)S(=O)(=O)c2cc(Cl)ccc2Cl)C1. The minimum Gasteiger partial charge on any atom is -0.341 e. The molecule has 1 aromatic rings. The van der Waals surface area contributed by atoms with Gasteiger partial charge >= 0.3 is 0 Å². The van der Waals surface area contributed by atoms with E-state index in [4.69, 9.17) is 23.2 Å². The van der Waals surface area contributed by atoms with Crippen molar-refractivity contribution in [2.75, 3.05) is 26.7 Å². The van der Waals surface area contributed by atoms with Crippen LogP contribution in [-0.4, -0.2) is 50.2 Å². The summed E-state index contributed by atoms with van der Waals surface area (Å²) in [7, 11) is -2.50. The summed E-state index contributed by atoms with van der Waals surface area (Å²) >= 11 is 11.8. The molecule has 1 fully saturated rings. The summed E-state index contributed by atoms with van der Waals surface area (Å²) < 4.78 is 26.2. The number of hydrogen-bond acceptors (Lipinski definition) is 3. The van der Waals surface area contributed by atoms with Crippen LogP contribution in [0.2, 0.25) is 10.0 Å². The van der Waals surface area contributed by atoms with Crippen molar-refractivity contribution < 1.29 is 13.2 Å². The van der Waals surface area contributed by atoms with Gasteiger partial charge in [-0.05, 0) is 37.0 Å². The summed E-state index contributed by atoms with van der Waals surface area (Å²) in [4.78, 5) is 14.0. The number of carbonyl (C=O) groups excluding carboxylic acids is 1. The van der Waals surface area contributed by atoms with E-state index in [1.165, 1.54) is 25.2 Å². The molecule has 5 nitrogen and oxygen atoms in total. The molecule has 1 amide bonds. The Morgan fingerprint density at radius 1 is 1.39 bits per heavy atom. The molecule has 0 N–H and O–H groups in total. The van der Waals surface area contributed by atoms with E-state index in [1.54, 1.807) is 4.90 Å². The lowest BCUT2D eigenvalue weighted by Crippen LogP contribution is -2.45. The largest absolute Gasteiger partial charge is 0.341 e. The highest BCUT2D eigenvalue weighted by atomic mass is 35.5. The lowest BCUT2D eigenvalue weighted by molar-refractivity contribution is -0.132. The first kappa shape index (κ1) is 18.5. The average Bonchev–Trinajstić information content (AvgIpc) is 2.49. The van der Waals surface area contributed by atoms with Gasteiger partial charge in [-0.1, -0.05) is 30.1 Å². The summed E-state index contributed by atoms with van der Waals surface area (Å²) in [5.41, 5.74) is 0. The third kappa shape index (κ3) is 4.38. The zero-order valence-corrected chi connectivity index (χ0v) is 15.5. The average molecular weight is 379 g/mol. The van der Waals surface area contributed by atoms with Gasteiger partial charge < -0.3 is 4.90 Å². The number of sulfonamides is 1. The first-order valence-electron chi connectivity index (χ1n) is 7.41. The molecule has 128 valence electrons. The van der Waals surface area contributed by atoms with E-state index in [-0.39, 0.29) is 27.4 Å². The molecule has 2 rings (SSSR count). The molecule has 0 radical (unpaired) electrons. The van der Waals surface area contributed by atoms with Crippen LogP contribution < -0.4 is 0 Å². The number of amides is 1. The second kappa shape index (κ2) is 7.38. The fraction of sp³-hybridized carbons (Fsp3) is 0.533. The van der Waals surface area contributed by atoms with Gasteiger partial charge in [0.2, 0.25) is 15.9 Å². The molecule has 1 atom stereocenters. The maximum absolute atomic E-state index is 12.6. The number of nitrogens with zero attached hydrogens (tertiary/aromatic N) is 2. The molecule has 23 heavy (non-hydrogen) atoms. The number of hydrogen-bond donors (Lipinski definition) is 0. The number of halogens is 2. The van der Waals surface area contributed by atoms with Gasteiger partial charge in [-0.3, -0.25) is 4.79 Å². The van der Waals surface area contributed by atoms with Gasteiger partial charge in [0.15, 0.2) is 0 Å². The van der Waals surface area contributed by atoms with Crippen molar-refractivity contribution in [1.29, 1.82) is 0 Å². The molecule has 0 bridgehead atoms. The van der Waals surface area contributed by atoms with Crippen molar-refractivity contribution in [2.45, 2.75) is 24.7 Å². The first-order valence-corrected chi connectivity index (χ1v) is 9.60. The normalized spacial score (nSPS) is 19.2. The van der Waals surface area contributed by atoms with Crippen molar-refractivity contribution in [2.24, 2.45) is 5.92 Å². The Kier molecular flexibility index (Phi) is 5.94. The van der Waals surface area contributed by atoms with Crippen molar-refractivity contribution in [3.8, 4) is 0 Å². The van der Waals surface area contributed by atoms with E-state index in [1.807, 2.05) is 0 Å². The Morgan fingerprint density at radius 3 is 2.74 bits per heavy atom. The molecular weight excluding hydrogens is 359 g/mol. The number of piperidine rings is 1. The van der Waals surface area contributed by atoms with Crippen LogP contribution in [0.5, 0.6) is 0 Å². The molecule has 1 unspecified atom stereocenters. The molecule has 1 aromatic carbocycles. The predicted octanol–water partition coefficient (Wildman–Crippen LogP) is 2.87. The smallest absolute Gasteiger partial charge is 0.244 e. The van der Waals surface area contributed by atoms with Crippen LogP contribution in [0.1, 0.15) is 19.8 Å². The fourth-order valence-electron chi connectivity index (χ4n) is 2.63. The zero-order chi connectivity index (χ0) is 17.2. The van der Waals surface area contributed by atoms with E-state index in [0.29, 0.717) is 19.0 Å². The Hall–Kier alpha value is -0.820. The van der Waals surface area contributed by atoms with Crippen molar-refractivity contribution in [3.05, 3.63) is 28.2 Å². The topological polar surface area (TPSA) is 57.7 Å². The fourth-order valence-corrected chi connectivity index (χ4v) is 4.49. The van der Waals surface area contributed by atoms with Crippen LogP contribution in [0.25, 0.3) is 0 Å². The molecular formula is C15H20Cl2N2O3S. The summed E-state index contributed by atoms with van der Waals surface area (Å²) in [6.07, 6.45) is 2.04. The monoisotopic (exact) mass is 378 g/mol. The first-order chi connectivity index (χ1) is 10.7. The quantitative estimate of drug-likeness (QED) is 0.808. The van der Waals surface area contributed by atoms with Gasteiger partial charge in [0.25, 0.3) is 0 Å². The Balaban J connectivity index is 2.14. The number of benzene rings is 1. The van der Waals surface area contributed by atoms with E-state index >= 15 is 0 Å². The minimum atomic E-state index is -3.87. The van der Waals surface area contributed by atoms with Crippen LogP contribution in [0.4, 0.5) is 0 Å². The summed E-state index contributed by atoms with van der Waals surface area (Å²) in [6.45, 7) is 3.23. The maximum Gasteiger partial charge on any atom is 0.244 e. The van der Waals surface area contributed by atoms with Crippen molar-refractivity contribution in [1.82, 2.24) is 9.21 Å². The van der Waals surface area contributed by atoms with E-state index in [2.05, 4.69) is 6.92 Å². The van der Waals surface area contributed by atoms with E-state index in [0.717, 1.165) is 17.1 Å². The number of rotatable bonds is 4. The van der Waals surface area contributed by atoms with Crippen molar-refractivity contribution >= 4 is 39.1 Å². The highest BCUT2D eigenvalue weighted by Gasteiger charge is 2.28. The summed E-state index contributed by atoms with van der Waals surface area (Å²) in [5.74, 6) is 0.248. The second-order valence-electron chi connectivity index (χ2n) is 5.92. The molecule has 1 aliphatic rings. The number of likely N-dealkylation sites (N-methyl/N-ethyl adjacent to an activating group) is 1. The standard InChI is InChI=1S/C15H20Cl2N2O3S/c1-11-4-3-7-19(9-11)15(20)10-18(2)23(21,22)14-8-12(16)5-6-13(14)17/h5-6,8,11H,3-4,7,9-10H2,1-2H3. The highest BCUT2D eigenvalue weighted by molar-refractivity contribution is 7.89. The molecule has 0 saturated carbocycles. The van der Waals surface area contributed by atoms with Gasteiger partial charge in [-0.15, -0.1) is 0 Å². The van der Waals surface area contributed by atoms with Gasteiger partial charge in [0.05, 0.1) is 11.6 Å². The predicted molar refractivity (Wildman–Crippen MR) is 91.3 cm³/mol. The summed E-state index contributed by atoms with van der Waals surface area (Å²) in [6, 6.07) is 4.24. The molecule has 1 saturated heterocycles. The lowest BCUT2D eigenvalue weighted by Gasteiger charge is -2.32. The van der Waals surface area contributed by atoms with Gasteiger partial charge in [-0.25, -0.2) is 8.42 Å². The molecule has 8 heteroatoms. The summed E-state index contributed by atoms with van der Waals surface area (Å²) in [5, 5.41) is 0.359. The van der Waals surface area contributed by atoms with E-state index < -0.39 is 10.0 Å². The zero-order valence-electron chi connectivity index (χ0n) is 13.1. The molecule has 0 aliphatic carbocycles. The third-order valence-corrected chi connectivity index (χ3v) is 6.47. The lowest BCUT2D eigenvalue weighted by atomic mass is 10.0. The molecule has 1 aliphatic heterocycles. The number of likely N-dealkylation sites (tertiary alicyclic amines) is 1.